The third kappa shape index (κ3) is 1.88. The van der Waals surface area contributed by atoms with E-state index in [2.05, 4.69) is 11.1 Å². The molecule has 0 radical (unpaired) electrons. The molecule has 1 aromatic carbocycles. The summed E-state index contributed by atoms with van der Waals surface area (Å²) in [7, 11) is 0. The molecule has 90 valence electrons. The molecule has 5 heteroatoms. The third-order valence-electron chi connectivity index (χ3n) is 2.89. The molecule has 1 aliphatic rings. The molecule has 1 saturated heterocycles. The highest BCUT2D eigenvalue weighted by Crippen LogP contribution is 2.26. The fraction of sp³-hybridized carbons (Fsp3) is 0.231. The molecule has 4 nitrogen and oxygen atoms in total. The summed E-state index contributed by atoms with van der Waals surface area (Å²) in [6.07, 6.45) is 0.974. The summed E-state index contributed by atoms with van der Waals surface area (Å²) in [6, 6.07) is 9.27. The average Bonchev–Trinajstić information content (AvgIpc) is 2.91. The van der Waals surface area contributed by atoms with Crippen molar-refractivity contribution in [3.05, 3.63) is 34.9 Å². The van der Waals surface area contributed by atoms with Gasteiger partial charge in [0.05, 0.1) is 23.8 Å². The summed E-state index contributed by atoms with van der Waals surface area (Å²) >= 11 is 5.94. The first-order chi connectivity index (χ1) is 8.78. The normalized spacial score (nSPS) is 15.0. The maximum absolute atomic E-state index is 9.21. The molecule has 18 heavy (non-hydrogen) atoms. The lowest BCUT2D eigenvalue weighted by Crippen LogP contribution is -2.17. The molecule has 0 atom stereocenters. The van der Waals surface area contributed by atoms with Gasteiger partial charge in [-0.2, -0.15) is 5.26 Å². The number of pyridine rings is 1. The molecule has 0 bridgehead atoms. The molecular weight excluding hydrogens is 250 g/mol. The van der Waals surface area contributed by atoms with Gasteiger partial charge >= 0.3 is 0 Å². The molecule has 2 aromatic rings. The first-order valence-corrected chi connectivity index (χ1v) is 6.06. The lowest BCUT2D eigenvalue weighted by molar-refractivity contribution is 0.166. The number of benzene rings is 1. The van der Waals surface area contributed by atoms with Crippen LogP contribution in [0.1, 0.15) is 12.0 Å². The monoisotopic (exact) mass is 259 g/mol. The number of hydrogen-bond acceptors (Lipinski definition) is 4. The summed E-state index contributed by atoms with van der Waals surface area (Å²) in [5.74, 6) is 0.680. The van der Waals surface area contributed by atoms with Gasteiger partial charge in [-0.05, 0) is 24.6 Å². The number of nitrogens with zero attached hydrogens (tertiary/aromatic N) is 3. The highest BCUT2D eigenvalue weighted by molar-refractivity contribution is 6.31. The zero-order valence-electron chi connectivity index (χ0n) is 9.56. The summed E-state index contributed by atoms with van der Waals surface area (Å²) in [6.45, 7) is 1.50. The first kappa shape index (κ1) is 11.3. The van der Waals surface area contributed by atoms with Crippen LogP contribution < -0.4 is 5.06 Å². The third-order valence-corrected chi connectivity index (χ3v) is 3.12. The van der Waals surface area contributed by atoms with Gasteiger partial charge < -0.3 is 0 Å². The van der Waals surface area contributed by atoms with Crippen LogP contribution in [0.2, 0.25) is 5.02 Å². The zero-order chi connectivity index (χ0) is 12.5. The Bertz CT molecular complexity index is 644. The number of rotatable bonds is 1. The minimum atomic E-state index is 0.563. The van der Waals surface area contributed by atoms with Crippen LogP contribution in [0.3, 0.4) is 0 Å². The van der Waals surface area contributed by atoms with E-state index < -0.39 is 0 Å². The maximum Gasteiger partial charge on any atom is 0.154 e. The van der Waals surface area contributed by atoms with Crippen LogP contribution in [0, 0.1) is 11.3 Å². The number of hydroxylamine groups is 1. The number of anilines is 1. The molecule has 1 aliphatic heterocycles. The van der Waals surface area contributed by atoms with Crippen molar-refractivity contribution in [2.24, 2.45) is 0 Å². The number of fused-ring (bicyclic) bond motifs is 1. The molecule has 0 unspecified atom stereocenters. The van der Waals surface area contributed by atoms with Crippen LogP contribution in [0.15, 0.2) is 24.3 Å². The molecule has 0 spiro atoms. The van der Waals surface area contributed by atoms with E-state index in [1.807, 2.05) is 6.07 Å². The Labute approximate surface area is 109 Å². The van der Waals surface area contributed by atoms with Gasteiger partial charge in [0.25, 0.3) is 0 Å². The molecule has 1 aromatic heterocycles. The molecule has 0 aliphatic carbocycles. The number of aromatic nitrogens is 1. The van der Waals surface area contributed by atoms with Crippen molar-refractivity contribution in [1.82, 2.24) is 4.98 Å². The summed E-state index contributed by atoms with van der Waals surface area (Å²) in [5, 5.41) is 12.3. The highest BCUT2D eigenvalue weighted by atomic mass is 35.5. The lowest BCUT2D eigenvalue weighted by Gasteiger charge is -2.15. The van der Waals surface area contributed by atoms with E-state index in [4.69, 9.17) is 16.4 Å². The fourth-order valence-electron chi connectivity index (χ4n) is 2.03. The Hall–Kier alpha value is -1.83. The average molecular weight is 260 g/mol. The smallest absolute Gasteiger partial charge is 0.154 e. The Kier molecular flexibility index (Phi) is 2.78. The van der Waals surface area contributed by atoms with Gasteiger partial charge in [-0.25, -0.2) is 10.0 Å². The van der Waals surface area contributed by atoms with Gasteiger partial charge in [-0.1, -0.05) is 11.6 Å². The molecule has 0 saturated carbocycles. The van der Waals surface area contributed by atoms with Crippen LogP contribution in [-0.2, 0) is 4.84 Å². The van der Waals surface area contributed by atoms with Gasteiger partial charge in [0.1, 0.15) is 0 Å². The Balaban J connectivity index is 2.19. The molecule has 1 fully saturated rings. The molecule has 0 N–H and O–H groups in total. The van der Waals surface area contributed by atoms with Crippen molar-refractivity contribution in [2.45, 2.75) is 6.42 Å². The van der Waals surface area contributed by atoms with E-state index in [1.165, 1.54) is 0 Å². The Morgan fingerprint density at radius 2 is 2.28 bits per heavy atom. The van der Waals surface area contributed by atoms with Crippen molar-refractivity contribution in [1.29, 1.82) is 5.26 Å². The van der Waals surface area contributed by atoms with Crippen molar-refractivity contribution in [2.75, 3.05) is 18.2 Å². The van der Waals surface area contributed by atoms with Crippen LogP contribution >= 0.6 is 11.6 Å². The van der Waals surface area contributed by atoms with E-state index in [0.29, 0.717) is 23.0 Å². The van der Waals surface area contributed by atoms with Gasteiger partial charge in [-0.3, -0.25) is 4.84 Å². The minimum absolute atomic E-state index is 0.563. The SMILES string of the molecule is N#Cc1cc(N2CCCO2)nc2ccc(Cl)cc12. The number of halogens is 1. The van der Waals surface area contributed by atoms with Gasteiger partial charge in [0.15, 0.2) is 5.82 Å². The predicted molar refractivity (Wildman–Crippen MR) is 69.4 cm³/mol. The van der Waals surface area contributed by atoms with Gasteiger partial charge in [-0.15, -0.1) is 0 Å². The second-order valence-electron chi connectivity index (χ2n) is 4.09. The van der Waals surface area contributed by atoms with E-state index in [9.17, 15) is 5.26 Å². The minimum Gasteiger partial charge on any atom is -0.272 e. The molecule has 2 heterocycles. The first-order valence-electron chi connectivity index (χ1n) is 5.69. The van der Waals surface area contributed by atoms with Crippen molar-refractivity contribution >= 4 is 28.3 Å². The molecule has 0 amide bonds. The lowest BCUT2D eigenvalue weighted by atomic mass is 10.1. The highest BCUT2D eigenvalue weighted by Gasteiger charge is 2.17. The van der Waals surface area contributed by atoms with Crippen LogP contribution in [-0.4, -0.2) is 18.1 Å². The summed E-state index contributed by atoms with van der Waals surface area (Å²) in [4.78, 5) is 9.94. The van der Waals surface area contributed by atoms with Crippen LogP contribution in [0.5, 0.6) is 0 Å². The maximum atomic E-state index is 9.21. The topological polar surface area (TPSA) is 49.2 Å². The van der Waals surface area contributed by atoms with Crippen molar-refractivity contribution in [3.63, 3.8) is 0 Å². The van der Waals surface area contributed by atoms with Crippen molar-refractivity contribution < 1.29 is 4.84 Å². The van der Waals surface area contributed by atoms with E-state index in [1.54, 1.807) is 23.3 Å². The summed E-state index contributed by atoms with van der Waals surface area (Å²) in [5.41, 5.74) is 1.32. The standard InChI is InChI=1S/C13H10ClN3O/c14-10-2-3-12-11(7-10)9(8-15)6-13(16-12)17-4-1-5-18-17/h2-3,6-7H,1,4-5H2. The van der Waals surface area contributed by atoms with Crippen molar-refractivity contribution in [3.8, 4) is 6.07 Å². The second kappa shape index (κ2) is 4.45. The Morgan fingerprint density at radius 1 is 1.39 bits per heavy atom. The zero-order valence-corrected chi connectivity index (χ0v) is 10.3. The quantitative estimate of drug-likeness (QED) is 0.790. The second-order valence-corrected chi connectivity index (χ2v) is 4.53. The van der Waals surface area contributed by atoms with Crippen LogP contribution in [0.25, 0.3) is 10.9 Å². The van der Waals surface area contributed by atoms with E-state index in [-0.39, 0.29) is 0 Å². The Morgan fingerprint density at radius 3 is 3.00 bits per heavy atom. The van der Waals surface area contributed by atoms with E-state index in [0.717, 1.165) is 23.9 Å². The predicted octanol–water partition coefficient (Wildman–Crippen LogP) is 2.90. The number of hydrogen-bond donors (Lipinski definition) is 0. The van der Waals surface area contributed by atoms with Gasteiger partial charge in [0, 0.05) is 23.0 Å². The number of nitriles is 1. The van der Waals surface area contributed by atoms with E-state index >= 15 is 0 Å². The van der Waals surface area contributed by atoms with Gasteiger partial charge in [0.2, 0.25) is 0 Å². The van der Waals surface area contributed by atoms with Crippen LogP contribution in [0.4, 0.5) is 5.82 Å². The summed E-state index contributed by atoms with van der Waals surface area (Å²) < 4.78 is 0. The fourth-order valence-corrected chi connectivity index (χ4v) is 2.20. The largest absolute Gasteiger partial charge is 0.272 e. The molecular formula is C13H10ClN3O. The molecule has 3 rings (SSSR count).